The fourth-order valence-corrected chi connectivity index (χ4v) is 2.39. The zero-order valence-corrected chi connectivity index (χ0v) is 9.44. The van der Waals surface area contributed by atoms with Gasteiger partial charge in [0.15, 0.2) is 0 Å². The summed E-state index contributed by atoms with van der Waals surface area (Å²) in [5, 5.41) is 1.93. The molecular weight excluding hydrogens is 227 g/mol. The Bertz CT molecular complexity index is 848. The lowest BCUT2D eigenvalue weighted by atomic mass is 10.1. The number of rotatable bonds is 0. The summed E-state index contributed by atoms with van der Waals surface area (Å²) in [5.41, 5.74) is 3.75. The fourth-order valence-electron chi connectivity index (χ4n) is 2.39. The van der Waals surface area contributed by atoms with Gasteiger partial charge in [0.2, 0.25) is 0 Å². The van der Waals surface area contributed by atoms with Gasteiger partial charge in [-0.15, -0.1) is 0 Å². The first kappa shape index (κ1) is 9.59. The molecule has 3 heteroatoms. The second-order valence-corrected chi connectivity index (χ2v) is 4.39. The fraction of sp³-hybridized carbons (Fsp3) is 0. The van der Waals surface area contributed by atoms with Gasteiger partial charge in [0, 0.05) is 16.3 Å². The van der Waals surface area contributed by atoms with Crippen LogP contribution in [0.4, 0.5) is 4.39 Å². The van der Waals surface area contributed by atoms with Crippen LogP contribution in [0.5, 0.6) is 0 Å². The second-order valence-electron chi connectivity index (χ2n) is 4.39. The Balaban J connectivity index is 2.20. The van der Waals surface area contributed by atoms with Crippen molar-refractivity contribution in [2.24, 2.45) is 0 Å². The Labute approximate surface area is 102 Å². The van der Waals surface area contributed by atoms with Crippen LogP contribution in [0.25, 0.3) is 33.2 Å². The van der Waals surface area contributed by atoms with Gasteiger partial charge < -0.3 is 4.98 Å². The highest BCUT2D eigenvalue weighted by Crippen LogP contribution is 2.31. The average molecular weight is 236 g/mol. The van der Waals surface area contributed by atoms with Crippen LogP contribution in [0.2, 0.25) is 0 Å². The number of para-hydroxylation sites is 1. The molecule has 2 aromatic carbocycles. The third-order valence-corrected chi connectivity index (χ3v) is 3.24. The van der Waals surface area contributed by atoms with Gasteiger partial charge in [0.25, 0.3) is 0 Å². The molecule has 1 N–H and O–H groups in total. The molecule has 86 valence electrons. The van der Waals surface area contributed by atoms with Crippen LogP contribution in [0.3, 0.4) is 0 Å². The van der Waals surface area contributed by atoms with Gasteiger partial charge in [-0.05, 0) is 30.3 Å². The van der Waals surface area contributed by atoms with E-state index < -0.39 is 0 Å². The Morgan fingerprint density at radius 2 is 1.89 bits per heavy atom. The predicted octanol–water partition coefficient (Wildman–Crippen LogP) is 3.96. The molecule has 2 heterocycles. The van der Waals surface area contributed by atoms with Gasteiger partial charge in [-0.2, -0.15) is 0 Å². The number of H-pyrrole nitrogens is 1. The van der Waals surface area contributed by atoms with E-state index >= 15 is 0 Å². The van der Waals surface area contributed by atoms with E-state index in [0.29, 0.717) is 0 Å². The minimum Gasteiger partial charge on any atom is -0.353 e. The number of benzene rings is 2. The van der Waals surface area contributed by atoms with Crippen LogP contribution >= 0.6 is 0 Å². The Kier molecular flexibility index (Phi) is 1.75. The first-order valence-electron chi connectivity index (χ1n) is 5.78. The molecule has 0 aliphatic carbocycles. The maximum absolute atomic E-state index is 13.2. The Hall–Kier alpha value is -2.42. The topological polar surface area (TPSA) is 28.7 Å². The SMILES string of the molecule is Fc1ccc2[nH]c3c4ccccc4nc-3cc2c1. The number of nitrogens with zero attached hydrogens (tertiary/aromatic N) is 1. The van der Waals surface area contributed by atoms with Crippen LogP contribution in [-0.4, -0.2) is 9.97 Å². The lowest BCUT2D eigenvalue weighted by Crippen LogP contribution is -1.86. The van der Waals surface area contributed by atoms with Crippen LogP contribution in [0.1, 0.15) is 0 Å². The smallest absolute Gasteiger partial charge is 0.123 e. The van der Waals surface area contributed by atoms with E-state index in [0.717, 1.165) is 33.2 Å². The van der Waals surface area contributed by atoms with E-state index in [4.69, 9.17) is 0 Å². The first-order chi connectivity index (χ1) is 8.81. The van der Waals surface area contributed by atoms with Crippen molar-refractivity contribution >= 4 is 21.8 Å². The van der Waals surface area contributed by atoms with E-state index in [2.05, 4.69) is 9.97 Å². The van der Waals surface area contributed by atoms with E-state index in [1.54, 1.807) is 6.07 Å². The molecule has 0 saturated carbocycles. The second kappa shape index (κ2) is 3.29. The number of aromatic amines is 1. The summed E-state index contributed by atoms with van der Waals surface area (Å²) in [6.07, 6.45) is 0. The molecule has 2 nitrogen and oxygen atoms in total. The van der Waals surface area contributed by atoms with Crippen molar-refractivity contribution < 1.29 is 4.39 Å². The molecule has 0 saturated heterocycles. The van der Waals surface area contributed by atoms with Crippen LogP contribution in [0.15, 0.2) is 48.5 Å². The number of halogens is 1. The van der Waals surface area contributed by atoms with Crippen LogP contribution in [-0.2, 0) is 0 Å². The molecule has 0 fully saturated rings. The highest BCUT2D eigenvalue weighted by Gasteiger charge is 2.12. The molecule has 0 spiro atoms. The third-order valence-electron chi connectivity index (χ3n) is 3.24. The first-order valence-corrected chi connectivity index (χ1v) is 5.78. The van der Waals surface area contributed by atoms with E-state index in [9.17, 15) is 4.39 Å². The molecule has 0 radical (unpaired) electrons. The number of aromatic nitrogens is 2. The largest absolute Gasteiger partial charge is 0.353 e. The van der Waals surface area contributed by atoms with Crippen molar-refractivity contribution in [3.05, 3.63) is 54.3 Å². The van der Waals surface area contributed by atoms with Crippen molar-refractivity contribution in [3.63, 3.8) is 0 Å². The van der Waals surface area contributed by atoms with Crippen molar-refractivity contribution in [1.29, 1.82) is 0 Å². The quantitative estimate of drug-likeness (QED) is 0.492. The Morgan fingerprint density at radius 1 is 1.00 bits per heavy atom. The molecule has 2 aliphatic rings. The highest BCUT2D eigenvalue weighted by molar-refractivity contribution is 5.99. The number of pyridine rings is 1. The van der Waals surface area contributed by atoms with Crippen molar-refractivity contribution in [2.75, 3.05) is 0 Å². The van der Waals surface area contributed by atoms with Crippen molar-refractivity contribution in [2.45, 2.75) is 0 Å². The van der Waals surface area contributed by atoms with Crippen LogP contribution < -0.4 is 0 Å². The maximum atomic E-state index is 13.2. The number of hydrogen-bond donors (Lipinski definition) is 1. The summed E-state index contributed by atoms with van der Waals surface area (Å²) < 4.78 is 13.2. The zero-order chi connectivity index (χ0) is 12.1. The molecule has 0 atom stereocenters. The molecule has 0 unspecified atom stereocenters. The van der Waals surface area contributed by atoms with Crippen molar-refractivity contribution in [1.82, 2.24) is 9.97 Å². The van der Waals surface area contributed by atoms with Gasteiger partial charge in [-0.25, -0.2) is 9.37 Å². The molecule has 0 amide bonds. The lowest BCUT2D eigenvalue weighted by molar-refractivity contribution is 0.629. The summed E-state index contributed by atoms with van der Waals surface area (Å²) >= 11 is 0. The minimum absolute atomic E-state index is 0.230. The van der Waals surface area contributed by atoms with Gasteiger partial charge in [-0.3, -0.25) is 0 Å². The van der Waals surface area contributed by atoms with E-state index in [1.165, 1.54) is 12.1 Å². The van der Waals surface area contributed by atoms with Gasteiger partial charge in [-0.1, -0.05) is 18.2 Å². The molecule has 0 bridgehead atoms. The summed E-state index contributed by atoms with van der Waals surface area (Å²) in [4.78, 5) is 7.87. The third kappa shape index (κ3) is 1.24. The summed E-state index contributed by atoms with van der Waals surface area (Å²) in [5.74, 6) is -0.230. The molecule has 2 aromatic rings. The number of fused-ring (bicyclic) bond motifs is 4. The van der Waals surface area contributed by atoms with E-state index in [-0.39, 0.29) is 5.82 Å². The lowest BCUT2D eigenvalue weighted by Gasteiger charge is -2.03. The highest BCUT2D eigenvalue weighted by atomic mass is 19.1. The average Bonchev–Trinajstić information content (AvgIpc) is 2.73. The predicted molar refractivity (Wildman–Crippen MR) is 70.2 cm³/mol. The van der Waals surface area contributed by atoms with Gasteiger partial charge >= 0.3 is 0 Å². The minimum atomic E-state index is -0.230. The van der Waals surface area contributed by atoms with Gasteiger partial charge in [0.1, 0.15) is 5.82 Å². The molecule has 18 heavy (non-hydrogen) atoms. The molecule has 0 aromatic heterocycles. The summed E-state index contributed by atoms with van der Waals surface area (Å²) in [6, 6.07) is 14.6. The molecule has 2 aliphatic heterocycles. The normalized spacial score (nSPS) is 11.6. The molecular formula is C15H9FN2. The Morgan fingerprint density at radius 3 is 2.83 bits per heavy atom. The number of hydrogen-bond acceptors (Lipinski definition) is 1. The van der Waals surface area contributed by atoms with E-state index in [1.807, 2.05) is 30.3 Å². The monoisotopic (exact) mass is 236 g/mol. The maximum Gasteiger partial charge on any atom is 0.123 e. The standard InChI is InChI=1S/C15H9FN2/c16-10-5-6-12-9(7-10)8-14-15(18-12)11-3-1-2-4-13(11)17-14/h1-8,18H. The number of nitrogens with one attached hydrogen (secondary N) is 1. The summed E-state index contributed by atoms with van der Waals surface area (Å²) in [7, 11) is 0. The van der Waals surface area contributed by atoms with Gasteiger partial charge in [0.05, 0.1) is 16.9 Å². The molecule has 4 rings (SSSR count). The zero-order valence-electron chi connectivity index (χ0n) is 9.44. The summed E-state index contributed by atoms with van der Waals surface area (Å²) in [6.45, 7) is 0. The van der Waals surface area contributed by atoms with Crippen molar-refractivity contribution in [3.8, 4) is 11.4 Å². The van der Waals surface area contributed by atoms with Crippen LogP contribution in [0, 0.1) is 5.82 Å².